The average molecular weight is 309 g/mol. The van der Waals surface area contributed by atoms with Crippen molar-refractivity contribution in [3.8, 4) is 0 Å². The Hall–Kier alpha value is -2.61. The summed E-state index contributed by atoms with van der Waals surface area (Å²) < 4.78 is 39.6. The van der Waals surface area contributed by atoms with Gasteiger partial charge in [-0.1, -0.05) is 17.3 Å². The van der Waals surface area contributed by atoms with Crippen LogP contribution in [-0.4, -0.2) is 19.5 Å². The minimum absolute atomic E-state index is 0.0989. The molecular formula is C13H12FN3O3S. The van der Waals surface area contributed by atoms with Gasteiger partial charge in [0.15, 0.2) is 5.84 Å². The Kier molecular flexibility index (Phi) is 4.08. The second-order valence-electron chi connectivity index (χ2n) is 4.09. The molecule has 8 heteroatoms. The minimum Gasteiger partial charge on any atom is -0.409 e. The Morgan fingerprint density at radius 2 is 1.76 bits per heavy atom. The van der Waals surface area contributed by atoms with Gasteiger partial charge in [0.25, 0.3) is 10.0 Å². The van der Waals surface area contributed by atoms with Gasteiger partial charge in [0.2, 0.25) is 0 Å². The molecule has 0 spiro atoms. The highest BCUT2D eigenvalue weighted by atomic mass is 32.2. The molecule has 0 fully saturated rings. The van der Waals surface area contributed by atoms with Crippen LogP contribution in [0.2, 0.25) is 0 Å². The quantitative estimate of drug-likeness (QED) is 0.346. The normalized spacial score (nSPS) is 12.1. The van der Waals surface area contributed by atoms with Crippen molar-refractivity contribution in [2.24, 2.45) is 10.9 Å². The van der Waals surface area contributed by atoms with Crippen molar-refractivity contribution in [2.45, 2.75) is 4.90 Å². The molecule has 0 atom stereocenters. The molecule has 4 N–H and O–H groups in total. The molecule has 0 aliphatic heterocycles. The van der Waals surface area contributed by atoms with Crippen molar-refractivity contribution in [1.82, 2.24) is 0 Å². The standard InChI is InChI=1S/C13H12FN3O3S/c14-9-5-7-10(8-6-9)21(19,20)17-12-4-2-1-3-11(12)13(15)16-18/h1-8,17-18H,(H2,15,16). The van der Waals surface area contributed by atoms with Crippen molar-refractivity contribution < 1.29 is 18.0 Å². The number of nitrogens with zero attached hydrogens (tertiary/aromatic N) is 1. The van der Waals surface area contributed by atoms with Gasteiger partial charge in [-0.05, 0) is 36.4 Å². The molecule has 0 amide bonds. The van der Waals surface area contributed by atoms with Gasteiger partial charge in [0.05, 0.1) is 10.6 Å². The van der Waals surface area contributed by atoms with E-state index in [4.69, 9.17) is 10.9 Å². The third-order valence-corrected chi connectivity index (χ3v) is 4.06. The molecule has 0 unspecified atom stereocenters. The number of para-hydroxylation sites is 1. The molecule has 0 heterocycles. The second kappa shape index (κ2) is 5.80. The number of nitrogens with one attached hydrogen (secondary N) is 1. The van der Waals surface area contributed by atoms with Crippen LogP contribution in [0.4, 0.5) is 10.1 Å². The molecule has 0 saturated heterocycles. The predicted octanol–water partition coefficient (Wildman–Crippen LogP) is 1.72. The summed E-state index contributed by atoms with van der Waals surface area (Å²) in [6, 6.07) is 10.5. The molecule has 2 aromatic rings. The summed E-state index contributed by atoms with van der Waals surface area (Å²) >= 11 is 0. The highest BCUT2D eigenvalue weighted by Gasteiger charge is 2.17. The molecule has 2 rings (SSSR count). The third-order valence-electron chi connectivity index (χ3n) is 2.68. The molecule has 0 saturated carbocycles. The number of halogens is 1. The Morgan fingerprint density at radius 1 is 1.14 bits per heavy atom. The first-order valence-corrected chi connectivity index (χ1v) is 7.27. The lowest BCUT2D eigenvalue weighted by atomic mass is 10.2. The van der Waals surface area contributed by atoms with Crippen molar-refractivity contribution in [1.29, 1.82) is 0 Å². The molecule has 110 valence electrons. The fraction of sp³-hybridized carbons (Fsp3) is 0. The summed E-state index contributed by atoms with van der Waals surface area (Å²) in [6.07, 6.45) is 0. The fourth-order valence-electron chi connectivity index (χ4n) is 1.67. The number of sulfonamides is 1. The monoisotopic (exact) mass is 309 g/mol. The van der Waals surface area contributed by atoms with Crippen molar-refractivity contribution in [3.05, 3.63) is 59.9 Å². The largest absolute Gasteiger partial charge is 0.409 e. The Bertz CT molecular complexity index is 774. The molecule has 0 aromatic heterocycles. The number of hydrogen-bond donors (Lipinski definition) is 3. The first-order chi connectivity index (χ1) is 9.94. The van der Waals surface area contributed by atoms with E-state index >= 15 is 0 Å². The van der Waals surface area contributed by atoms with Gasteiger partial charge in [-0.15, -0.1) is 0 Å². The van der Waals surface area contributed by atoms with Crippen LogP contribution in [-0.2, 0) is 10.0 Å². The molecule has 0 aliphatic rings. The molecular weight excluding hydrogens is 297 g/mol. The summed E-state index contributed by atoms with van der Waals surface area (Å²) in [5.41, 5.74) is 5.87. The zero-order valence-corrected chi connectivity index (χ0v) is 11.5. The number of rotatable bonds is 4. The van der Waals surface area contributed by atoms with Crippen LogP contribution < -0.4 is 10.5 Å². The molecule has 6 nitrogen and oxygen atoms in total. The second-order valence-corrected chi connectivity index (χ2v) is 5.77. The van der Waals surface area contributed by atoms with Crippen molar-refractivity contribution in [2.75, 3.05) is 4.72 Å². The van der Waals surface area contributed by atoms with Gasteiger partial charge < -0.3 is 10.9 Å². The summed E-state index contributed by atoms with van der Waals surface area (Å²) in [5.74, 6) is -0.765. The van der Waals surface area contributed by atoms with E-state index in [9.17, 15) is 12.8 Å². The summed E-state index contributed by atoms with van der Waals surface area (Å²) in [7, 11) is -3.90. The highest BCUT2D eigenvalue weighted by molar-refractivity contribution is 7.92. The van der Waals surface area contributed by atoms with Crippen LogP contribution in [0, 0.1) is 5.82 Å². The van der Waals surface area contributed by atoms with E-state index in [0.29, 0.717) is 0 Å². The number of anilines is 1. The van der Waals surface area contributed by atoms with Crippen molar-refractivity contribution in [3.63, 3.8) is 0 Å². The third kappa shape index (κ3) is 3.29. The zero-order chi connectivity index (χ0) is 15.5. The van der Waals surface area contributed by atoms with E-state index in [2.05, 4.69) is 9.88 Å². The SMILES string of the molecule is N/C(=N/O)c1ccccc1NS(=O)(=O)c1ccc(F)cc1. The van der Waals surface area contributed by atoms with Crippen LogP contribution in [0.25, 0.3) is 0 Å². The fourth-order valence-corrected chi connectivity index (χ4v) is 2.75. The van der Waals surface area contributed by atoms with E-state index in [1.54, 1.807) is 12.1 Å². The van der Waals surface area contributed by atoms with E-state index < -0.39 is 15.8 Å². The van der Waals surface area contributed by atoms with Crippen LogP contribution in [0.5, 0.6) is 0 Å². The summed E-state index contributed by atoms with van der Waals surface area (Å²) in [5, 5.41) is 11.5. The lowest BCUT2D eigenvalue weighted by Crippen LogP contribution is -2.19. The van der Waals surface area contributed by atoms with Gasteiger partial charge in [-0.25, -0.2) is 12.8 Å². The molecule has 0 aliphatic carbocycles. The number of oxime groups is 1. The Labute approximate surface area is 120 Å². The molecule has 0 bridgehead atoms. The van der Waals surface area contributed by atoms with Gasteiger partial charge in [0, 0.05) is 5.56 Å². The van der Waals surface area contributed by atoms with Crippen molar-refractivity contribution >= 4 is 21.5 Å². The number of amidine groups is 1. The van der Waals surface area contributed by atoms with Crippen LogP contribution in [0.15, 0.2) is 58.6 Å². The number of hydrogen-bond acceptors (Lipinski definition) is 4. The lowest BCUT2D eigenvalue weighted by Gasteiger charge is -2.11. The maximum Gasteiger partial charge on any atom is 0.261 e. The molecule has 21 heavy (non-hydrogen) atoms. The zero-order valence-electron chi connectivity index (χ0n) is 10.7. The van der Waals surface area contributed by atoms with Gasteiger partial charge in [-0.3, -0.25) is 4.72 Å². The van der Waals surface area contributed by atoms with Gasteiger partial charge >= 0.3 is 0 Å². The van der Waals surface area contributed by atoms with Crippen LogP contribution in [0.1, 0.15) is 5.56 Å². The number of nitrogens with two attached hydrogens (primary N) is 1. The van der Waals surface area contributed by atoms with Crippen LogP contribution >= 0.6 is 0 Å². The summed E-state index contributed by atoms with van der Waals surface area (Å²) in [6.45, 7) is 0. The van der Waals surface area contributed by atoms with E-state index in [0.717, 1.165) is 24.3 Å². The maximum absolute atomic E-state index is 12.8. The first-order valence-electron chi connectivity index (χ1n) is 5.79. The van der Waals surface area contributed by atoms with Crippen LogP contribution in [0.3, 0.4) is 0 Å². The van der Waals surface area contributed by atoms with Gasteiger partial charge in [-0.2, -0.15) is 0 Å². The lowest BCUT2D eigenvalue weighted by molar-refractivity contribution is 0.318. The smallest absolute Gasteiger partial charge is 0.261 e. The minimum atomic E-state index is -3.90. The Morgan fingerprint density at radius 3 is 2.38 bits per heavy atom. The highest BCUT2D eigenvalue weighted by Crippen LogP contribution is 2.20. The van der Waals surface area contributed by atoms with E-state index in [1.807, 2.05) is 0 Å². The average Bonchev–Trinajstić information content (AvgIpc) is 2.47. The van der Waals surface area contributed by atoms with E-state index in [1.165, 1.54) is 12.1 Å². The van der Waals surface area contributed by atoms with Gasteiger partial charge in [0.1, 0.15) is 5.82 Å². The van der Waals surface area contributed by atoms with E-state index in [-0.39, 0.29) is 22.0 Å². The number of benzene rings is 2. The molecule has 0 radical (unpaired) electrons. The summed E-state index contributed by atoms with van der Waals surface area (Å²) in [4.78, 5) is -0.0989. The Balaban J connectivity index is 2.40. The predicted molar refractivity (Wildman–Crippen MR) is 76.2 cm³/mol. The topological polar surface area (TPSA) is 105 Å². The maximum atomic E-state index is 12.8. The first kappa shape index (κ1) is 14.8. The molecule has 2 aromatic carbocycles.